The lowest BCUT2D eigenvalue weighted by Crippen LogP contribution is -1.92. The molecule has 0 N–H and O–H groups in total. The number of hydrogen-bond acceptors (Lipinski definition) is 2. The minimum Gasteiger partial charge on any atom is -0.469 e. The Morgan fingerprint density at radius 1 is 1.25 bits per heavy atom. The highest BCUT2D eigenvalue weighted by atomic mass is 35.5. The van der Waals surface area contributed by atoms with E-state index in [-0.39, 0.29) is 5.38 Å². The summed E-state index contributed by atoms with van der Waals surface area (Å²) in [6, 6.07) is 6.25. The monoisotopic (exact) mass is 254 g/mol. The minimum atomic E-state index is -0.0704. The van der Waals surface area contributed by atoms with Crippen molar-refractivity contribution in [2.45, 2.75) is 32.1 Å². The maximum absolute atomic E-state index is 6.48. The predicted molar refractivity (Wildman–Crippen MR) is 69.5 cm³/mol. The summed E-state index contributed by atoms with van der Waals surface area (Å²) >= 11 is 8.26. The van der Waals surface area contributed by atoms with Gasteiger partial charge in [0.2, 0.25) is 0 Å². The van der Waals surface area contributed by atoms with E-state index in [4.69, 9.17) is 16.0 Å². The van der Waals surface area contributed by atoms with Crippen LogP contribution in [-0.4, -0.2) is 0 Å². The average molecular weight is 255 g/mol. The Kier molecular flexibility index (Phi) is 3.72. The third-order valence-corrected chi connectivity index (χ3v) is 4.55. The zero-order valence-electron chi connectivity index (χ0n) is 9.50. The van der Waals surface area contributed by atoms with Crippen LogP contribution in [0, 0.1) is 0 Å². The van der Waals surface area contributed by atoms with Gasteiger partial charge in [-0.25, -0.2) is 0 Å². The Bertz CT molecular complexity index is 458. The van der Waals surface area contributed by atoms with E-state index >= 15 is 0 Å². The fourth-order valence-electron chi connectivity index (χ4n) is 1.74. The number of aryl methyl sites for hydroxylation is 2. The van der Waals surface area contributed by atoms with Crippen molar-refractivity contribution in [2.75, 3.05) is 0 Å². The molecule has 0 amide bonds. The summed E-state index contributed by atoms with van der Waals surface area (Å²) in [6.45, 7) is 4.24. The van der Waals surface area contributed by atoms with E-state index < -0.39 is 0 Å². The Balaban J connectivity index is 2.27. The molecule has 0 aromatic carbocycles. The molecule has 0 aliphatic rings. The largest absolute Gasteiger partial charge is 0.469 e. The lowest BCUT2D eigenvalue weighted by atomic mass is 10.1. The zero-order chi connectivity index (χ0) is 11.5. The average Bonchev–Trinajstić information content (AvgIpc) is 2.96. The number of rotatable bonds is 4. The standard InChI is InChI=1S/C13H15ClOS/c1-3-9-5-6-12(16-9)13(14)10-7-8-15-11(10)4-2/h5-8,13H,3-4H2,1-2H3. The van der Waals surface area contributed by atoms with Crippen LogP contribution in [0.1, 0.15) is 40.3 Å². The highest BCUT2D eigenvalue weighted by molar-refractivity contribution is 7.12. The van der Waals surface area contributed by atoms with Gasteiger partial charge in [0.25, 0.3) is 0 Å². The first-order valence-electron chi connectivity index (χ1n) is 5.55. The Morgan fingerprint density at radius 3 is 2.69 bits per heavy atom. The first kappa shape index (κ1) is 11.7. The Labute approximate surface area is 105 Å². The quantitative estimate of drug-likeness (QED) is 0.715. The molecule has 16 heavy (non-hydrogen) atoms. The number of alkyl halides is 1. The second-order valence-electron chi connectivity index (χ2n) is 3.67. The van der Waals surface area contributed by atoms with Crippen molar-refractivity contribution < 1.29 is 4.42 Å². The van der Waals surface area contributed by atoms with Crippen molar-refractivity contribution in [3.8, 4) is 0 Å². The number of halogens is 1. The molecule has 1 atom stereocenters. The molecule has 0 bridgehead atoms. The predicted octanol–water partition coefficient (Wildman–Crippen LogP) is 4.79. The molecule has 86 valence electrons. The highest BCUT2D eigenvalue weighted by Crippen LogP contribution is 2.36. The fraction of sp³-hybridized carbons (Fsp3) is 0.385. The van der Waals surface area contributed by atoms with E-state index in [1.165, 1.54) is 9.75 Å². The van der Waals surface area contributed by atoms with Gasteiger partial charge in [0.1, 0.15) is 5.76 Å². The molecule has 0 aliphatic heterocycles. The number of furan rings is 1. The third kappa shape index (κ3) is 2.18. The molecule has 3 heteroatoms. The van der Waals surface area contributed by atoms with Crippen molar-refractivity contribution >= 4 is 22.9 Å². The lowest BCUT2D eigenvalue weighted by molar-refractivity contribution is 0.512. The molecule has 0 aliphatic carbocycles. The van der Waals surface area contributed by atoms with Gasteiger partial charge in [-0.1, -0.05) is 13.8 Å². The van der Waals surface area contributed by atoms with E-state index in [1.54, 1.807) is 17.6 Å². The molecule has 0 saturated heterocycles. The van der Waals surface area contributed by atoms with Gasteiger partial charge in [-0.3, -0.25) is 0 Å². The molecule has 2 aromatic rings. The summed E-state index contributed by atoms with van der Waals surface area (Å²) < 4.78 is 5.41. The summed E-state index contributed by atoms with van der Waals surface area (Å²) in [5.74, 6) is 0.992. The summed E-state index contributed by atoms with van der Waals surface area (Å²) in [6.07, 6.45) is 3.68. The molecule has 0 fully saturated rings. The van der Waals surface area contributed by atoms with Crippen LogP contribution < -0.4 is 0 Å². The highest BCUT2D eigenvalue weighted by Gasteiger charge is 2.18. The van der Waals surface area contributed by atoms with Gasteiger partial charge in [-0.05, 0) is 24.6 Å². The van der Waals surface area contributed by atoms with E-state index in [2.05, 4.69) is 26.0 Å². The molecule has 0 radical (unpaired) electrons. The SMILES string of the molecule is CCc1ccc(C(Cl)c2ccoc2CC)s1. The van der Waals surface area contributed by atoms with Crippen molar-refractivity contribution in [3.05, 3.63) is 45.5 Å². The molecule has 2 rings (SSSR count). The molecule has 2 heterocycles. The summed E-state index contributed by atoms with van der Waals surface area (Å²) in [4.78, 5) is 2.58. The van der Waals surface area contributed by atoms with E-state index in [0.29, 0.717) is 0 Å². The van der Waals surface area contributed by atoms with Gasteiger partial charge in [0.15, 0.2) is 0 Å². The third-order valence-electron chi connectivity index (χ3n) is 2.65. The van der Waals surface area contributed by atoms with E-state index in [9.17, 15) is 0 Å². The van der Waals surface area contributed by atoms with Crippen molar-refractivity contribution in [1.29, 1.82) is 0 Å². The summed E-state index contributed by atoms with van der Waals surface area (Å²) in [5.41, 5.74) is 1.11. The maximum Gasteiger partial charge on any atom is 0.108 e. The van der Waals surface area contributed by atoms with Crippen LogP contribution in [0.4, 0.5) is 0 Å². The zero-order valence-corrected chi connectivity index (χ0v) is 11.1. The smallest absolute Gasteiger partial charge is 0.108 e. The van der Waals surface area contributed by atoms with Gasteiger partial charge < -0.3 is 4.42 Å². The van der Waals surface area contributed by atoms with Crippen LogP contribution >= 0.6 is 22.9 Å². The molecule has 0 spiro atoms. The normalized spacial score (nSPS) is 12.9. The molecule has 0 saturated carbocycles. The first-order valence-corrected chi connectivity index (χ1v) is 6.80. The Morgan fingerprint density at radius 2 is 2.06 bits per heavy atom. The van der Waals surface area contributed by atoms with Crippen LogP contribution in [0.2, 0.25) is 0 Å². The van der Waals surface area contributed by atoms with Crippen molar-refractivity contribution in [1.82, 2.24) is 0 Å². The second-order valence-corrected chi connectivity index (χ2v) is 5.31. The van der Waals surface area contributed by atoms with Crippen molar-refractivity contribution in [2.24, 2.45) is 0 Å². The van der Waals surface area contributed by atoms with Crippen molar-refractivity contribution in [3.63, 3.8) is 0 Å². The number of thiophene rings is 1. The Hall–Kier alpha value is -0.730. The minimum absolute atomic E-state index is 0.0704. The van der Waals surface area contributed by atoms with Gasteiger partial charge in [-0.15, -0.1) is 22.9 Å². The van der Waals surface area contributed by atoms with Gasteiger partial charge in [-0.2, -0.15) is 0 Å². The van der Waals surface area contributed by atoms with Crippen LogP contribution in [0.25, 0.3) is 0 Å². The molecule has 1 nitrogen and oxygen atoms in total. The molecule has 1 unspecified atom stereocenters. The first-order chi connectivity index (χ1) is 7.76. The summed E-state index contributed by atoms with van der Waals surface area (Å²) in [7, 11) is 0. The van der Waals surface area contributed by atoms with Crippen LogP contribution in [0.5, 0.6) is 0 Å². The topological polar surface area (TPSA) is 13.1 Å². The van der Waals surface area contributed by atoms with Gasteiger partial charge in [0, 0.05) is 21.7 Å². The molecule has 2 aromatic heterocycles. The second kappa shape index (κ2) is 5.07. The van der Waals surface area contributed by atoms with Crippen LogP contribution in [-0.2, 0) is 12.8 Å². The maximum atomic E-state index is 6.48. The number of hydrogen-bond donors (Lipinski definition) is 0. The van der Waals surface area contributed by atoms with Crippen LogP contribution in [0.3, 0.4) is 0 Å². The molecular formula is C13H15ClOS. The fourth-order valence-corrected chi connectivity index (χ4v) is 3.09. The molecular weight excluding hydrogens is 240 g/mol. The van der Waals surface area contributed by atoms with E-state index in [0.717, 1.165) is 24.2 Å². The van der Waals surface area contributed by atoms with Gasteiger partial charge >= 0.3 is 0 Å². The van der Waals surface area contributed by atoms with Gasteiger partial charge in [0.05, 0.1) is 11.6 Å². The lowest BCUT2D eigenvalue weighted by Gasteiger charge is -2.06. The van der Waals surface area contributed by atoms with Crippen LogP contribution in [0.15, 0.2) is 28.9 Å². The van der Waals surface area contributed by atoms with E-state index in [1.807, 2.05) is 6.07 Å². The summed E-state index contributed by atoms with van der Waals surface area (Å²) in [5, 5.41) is -0.0704.